The Labute approximate surface area is 121 Å². The van der Waals surface area contributed by atoms with Crippen molar-refractivity contribution in [2.45, 2.75) is 46.6 Å². The molecular formula is C15H27N3S. The fraction of sp³-hybridized carbons (Fsp3) is 0.800. The Morgan fingerprint density at radius 1 is 1.42 bits per heavy atom. The van der Waals surface area contributed by atoms with Crippen LogP contribution in [-0.4, -0.2) is 25.1 Å². The van der Waals surface area contributed by atoms with Gasteiger partial charge in [-0.3, -0.25) is 0 Å². The number of nitrogens with zero attached hydrogens (tertiary/aromatic N) is 2. The van der Waals surface area contributed by atoms with Crippen molar-refractivity contribution >= 4 is 16.5 Å². The van der Waals surface area contributed by atoms with Gasteiger partial charge in [-0.1, -0.05) is 27.2 Å². The lowest BCUT2D eigenvalue weighted by atomic mass is 10.2. The fourth-order valence-electron chi connectivity index (χ4n) is 2.43. The van der Waals surface area contributed by atoms with E-state index in [2.05, 4.69) is 38.0 Å². The van der Waals surface area contributed by atoms with Crippen molar-refractivity contribution in [2.24, 2.45) is 11.8 Å². The molecule has 1 aromatic heterocycles. The quantitative estimate of drug-likeness (QED) is 0.792. The number of anilines is 1. The van der Waals surface area contributed by atoms with Crippen LogP contribution in [0.2, 0.25) is 0 Å². The number of hydrogen-bond donors (Lipinski definition) is 1. The first-order valence-electron chi connectivity index (χ1n) is 7.56. The molecule has 0 amide bonds. The lowest BCUT2D eigenvalue weighted by Crippen LogP contribution is -2.20. The second-order valence-electron chi connectivity index (χ2n) is 5.75. The summed E-state index contributed by atoms with van der Waals surface area (Å²) in [7, 11) is 2.19. The van der Waals surface area contributed by atoms with Crippen LogP contribution in [0.4, 0.5) is 5.13 Å². The summed E-state index contributed by atoms with van der Waals surface area (Å²) in [6.45, 7) is 9.89. The molecule has 108 valence electrons. The van der Waals surface area contributed by atoms with Crippen molar-refractivity contribution in [3.63, 3.8) is 0 Å². The average Bonchev–Trinajstić information content (AvgIpc) is 2.91. The molecule has 0 aromatic carbocycles. The van der Waals surface area contributed by atoms with Gasteiger partial charge in [-0.2, -0.15) is 0 Å². The number of thiazole rings is 1. The molecule has 0 aliphatic heterocycles. The van der Waals surface area contributed by atoms with Gasteiger partial charge in [0.05, 0.1) is 5.69 Å². The molecule has 3 nitrogen and oxygen atoms in total. The van der Waals surface area contributed by atoms with E-state index in [1.54, 1.807) is 0 Å². The summed E-state index contributed by atoms with van der Waals surface area (Å²) in [5, 5.41) is 4.63. The van der Waals surface area contributed by atoms with Crippen LogP contribution >= 0.6 is 11.3 Å². The lowest BCUT2D eigenvalue weighted by Gasteiger charge is -2.15. The molecule has 0 radical (unpaired) electrons. The Morgan fingerprint density at radius 2 is 2.16 bits per heavy atom. The molecule has 2 rings (SSSR count). The van der Waals surface area contributed by atoms with E-state index in [1.165, 1.54) is 35.1 Å². The van der Waals surface area contributed by atoms with E-state index in [4.69, 9.17) is 4.98 Å². The molecule has 2 unspecified atom stereocenters. The molecule has 1 fully saturated rings. The predicted molar refractivity (Wildman–Crippen MR) is 84.0 cm³/mol. The lowest BCUT2D eigenvalue weighted by molar-refractivity contribution is 0.717. The SMILES string of the molecule is CCCc1nc(N(C)CC2CC2C)sc1CNCC. The fourth-order valence-corrected chi connectivity index (χ4v) is 3.47. The van der Waals surface area contributed by atoms with Gasteiger partial charge < -0.3 is 10.2 Å². The Balaban J connectivity index is 2.02. The largest absolute Gasteiger partial charge is 0.351 e. The maximum absolute atomic E-state index is 4.86. The number of aryl methyl sites for hydroxylation is 1. The van der Waals surface area contributed by atoms with Crippen LogP contribution in [-0.2, 0) is 13.0 Å². The van der Waals surface area contributed by atoms with Crippen molar-refractivity contribution in [2.75, 3.05) is 25.0 Å². The first kappa shape index (κ1) is 14.8. The monoisotopic (exact) mass is 281 g/mol. The molecule has 1 aliphatic rings. The molecule has 19 heavy (non-hydrogen) atoms. The van der Waals surface area contributed by atoms with Gasteiger partial charge in [-0.15, -0.1) is 11.3 Å². The number of aromatic nitrogens is 1. The first-order valence-corrected chi connectivity index (χ1v) is 8.37. The van der Waals surface area contributed by atoms with Gasteiger partial charge in [0.2, 0.25) is 0 Å². The number of nitrogens with one attached hydrogen (secondary N) is 1. The zero-order valence-corrected chi connectivity index (χ0v) is 13.5. The van der Waals surface area contributed by atoms with Crippen molar-refractivity contribution in [3.05, 3.63) is 10.6 Å². The van der Waals surface area contributed by atoms with E-state index >= 15 is 0 Å². The van der Waals surface area contributed by atoms with Crippen molar-refractivity contribution in [1.82, 2.24) is 10.3 Å². The highest BCUT2D eigenvalue weighted by atomic mass is 32.1. The van der Waals surface area contributed by atoms with E-state index in [1.807, 2.05) is 11.3 Å². The van der Waals surface area contributed by atoms with Crippen LogP contribution in [0.25, 0.3) is 0 Å². The minimum absolute atomic E-state index is 0.890. The van der Waals surface area contributed by atoms with Gasteiger partial charge in [0, 0.05) is 25.0 Å². The summed E-state index contributed by atoms with van der Waals surface area (Å²) >= 11 is 1.87. The molecule has 1 aliphatic carbocycles. The molecule has 0 bridgehead atoms. The van der Waals surface area contributed by atoms with E-state index < -0.39 is 0 Å². The van der Waals surface area contributed by atoms with E-state index in [0.717, 1.165) is 31.3 Å². The topological polar surface area (TPSA) is 28.2 Å². The van der Waals surface area contributed by atoms with Gasteiger partial charge in [-0.05, 0) is 31.2 Å². The second kappa shape index (κ2) is 6.71. The van der Waals surface area contributed by atoms with Gasteiger partial charge in [0.15, 0.2) is 5.13 Å². The molecule has 0 saturated heterocycles. The van der Waals surface area contributed by atoms with E-state index in [-0.39, 0.29) is 0 Å². The van der Waals surface area contributed by atoms with Crippen LogP contribution in [0.15, 0.2) is 0 Å². The van der Waals surface area contributed by atoms with E-state index in [0.29, 0.717) is 0 Å². The number of rotatable bonds is 8. The third kappa shape index (κ3) is 3.93. The Hall–Kier alpha value is -0.610. The zero-order valence-electron chi connectivity index (χ0n) is 12.7. The number of hydrogen-bond acceptors (Lipinski definition) is 4. The van der Waals surface area contributed by atoms with Gasteiger partial charge >= 0.3 is 0 Å². The van der Waals surface area contributed by atoms with Gasteiger partial charge in [-0.25, -0.2) is 4.98 Å². The standard InChI is InChI=1S/C15H27N3S/c1-5-7-13-14(9-16-6-2)19-15(17-13)18(4)10-12-8-11(12)3/h11-12,16H,5-10H2,1-4H3. The third-order valence-corrected chi connectivity index (χ3v) is 5.11. The first-order chi connectivity index (χ1) is 9.15. The molecule has 2 atom stereocenters. The Bertz CT molecular complexity index is 402. The average molecular weight is 281 g/mol. The predicted octanol–water partition coefficient (Wildman–Crippen LogP) is 3.30. The summed E-state index contributed by atoms with van der Waals surface area (Å²) in [5.74, 6) is 1.81. The van der Waals surface area contributed by atoms with Crippen LogP contribution in [0.3, 0.4) is 0 Å². The van der Waals surface area contributed by atoms with Gasteiger partial charge in [0.25, 0.3) is 0 Å². The Morgan fingerprint density at radius 3 is 2.74 bits per heavy atom. The zero-order chi connectivity index (χ0) is 13.8. The smallest absolute Gasteiger partial charge is 0.185 e. The highest BCUT2D eigenvalue weighted by molar-refractivity contribution is 7.15. The molecule has 1 N–H and O–H groups in total. The summed E-state index contributed by atoms with van der Waals surface area (Å²) in [6.07, 6.45) is 3.67. The van der Waals surface area contributed by atoms with Gasteiger partial charge in [0.1, 0.15) is 0 Å². The summed E-state index contributed by atoms with van der Waals surface area (Å²) in [5.41, 5.74) is 1.30. The molecule has 0 spiro atoms. The maximum Gasteiger partial charge on any atom is 0.185 e. The van der Waals surface area contributed by atoms with E-state index in [9.17, 15) is 0 Å². The van der Waals surface area contributed by atoms with Crippen molar-refractivity contribution < 1.29 is 0 Å². The Kier molecular flexibility index (Phi) is 5.22. The minimum Gasteiger partial charge on any atom is -0.351 e. The van der Waals surface area contributed by atoms with Crippen molar-refractivity contribution in [1.29, 1.82) is 0 Å². The molecule has 4 heteroatoms. The normalized spacial score (nSPS) is 21.7. The minimum atomic E-state index is 0.890. The maximum atomic E-state index is 4.86. The third-order valence-electron chi connectivity index (χ3n) is 3.90. The van der Waals surface area contributed by atoms with Crippen LogP contribution in [0.1, 0.15) is 44.2 Å². The second-order valence-corrected chi connectivity index (χ2v) is 6.81. The highest BCUT2D eigenvalue weighted by Gasteiger charge is 2.33. The summed E-state index contributed by atoms with van der Waals surface area (Å²) in [6, 6.07) is 0. The molecule has 1 heterocycles. The molecule has 1 saturated carbocycles. The molecule has 1 aromatic rings. The van der Waals surface area contributed by atoms with Crippen LogP contribution < -0.4 is 10.2 Å². The van der Waals surface area contributed by atoms with Crippen LogP contribution in [0.5, 0.6) is 0 Å². The highest BCUT2D eigenvalue weighted by Crippen LogP contribution is 2.39. The molecular weight excluding hydrogens is 254 g/mol. The van der Waals surface area contributed by atoms with Crippen LogP contribution in [0, 0.1) is 11.8 Å². The van der Waals surface area contributed by atoms with Crippen molar-refractivity contribution in [3.8, 4) is 0 Å². The summed E-state index contributed by atoms with van der Waals surface area (Å²) < 4.78 is 0. The summed E-state index contributed by atoms with van der Waals surface area (Å²) in [4.78, 5) is 8.64.